The molecule has 1 aromatic heterocycles. The zero-order valence-electron chi connectivity index (χ0n) is 20.9. The fraction of sp³-hybridized carbons (Fsp3) is 0.345. The van der Waals surface area contributed by atoms with Gasteiger partial charge in [-0.3, -0.25) is 4.79 Å². The third-order valence-electron chi connectivity index (χ3n) is 7.31. The van der Waals surface area contributed by atoms with E-state index >= 15 is 0 Å². The van der Waals surface area contributed by atoms with Crippen molar-refractivity contribution in [1.29, 1.82) is 0 Å². The Morgan fingerprint density at radius 1 is 1.24 bits per heavy atom. The quantitative estimate of drug-likeness (QED) is 0.464. The number of carbonyl (C=O) groups is 1. The molecule has 1 aliphatic carbocycles. The Labute approximate surface area is 216 Å². The highest BCUT2D eigenvalue weighted by Gasteiger charge is 2.46. The Kier molecular flexibility index (Phi) is 7.08. The molecule has 5 rings (SSSR count). The van der Waals surface area contributed by atoms with E-state index in [2.05, 4.69) is 56.3 Å². The molecule has 2 heterocycles. The standard InChI is InChI=1S/C29H31N5O3/c1-20(36)32-22-7-4-9-24(16-22)37-15-5-8-23-18-31-28(26(19-35)33-23)34-13-11-29(12-14-34)17-21-6-2-3-10-25(21)27(29)30/h2-4,6-7,9-10,16,18,27,35H,11-15,17,19,30H2,1H3,(H,32,36)/t27-/m1/s1. The molecule has 3 aromatic rings. The van der Waals surface area contributed by atoms with E-state index in [1.807, 2.05) is 0 Å². The van der Waals surface area contributed by atoms with E-state index in [0.717, 1.165) is 32.4 Å². The number of nitrogens with two attached hydrogens (primary N) is 1. The van der Waals surface area contributed by atoms with Crippen LogP contribution in [-0.4, -0.2) is 40.7 Å². The predicted molar refractivity (Wildman–Crippen MR) is 142 cm³/mol. The first-order chi connectivity index (χ1) is 18.0. The summed E-state index contributed by atoms with van der Waals surface area (Å²) in [5, 5.41) is 12.7. The lowest BCUT2D eigenvalue weighted by molar-refractivity contribution is -0.114. The summed E-state index contributed by atoms with van der Waals surface area (Å²) in [5.74, 6) is 7.06. The summed E-state index contributed by atoms with van der Waals surface area (Å²) in [4.78, 5) is 22.6. The number of nitrogens with one attached hydrogen (secondary N) is 1. The molecule has 1 amide bonds. The molecule has 1 fully saturated rings. The molecule has 0 bridgehead atoms. The summed E-state index contributed by atoms with van der Waals surface area (Å²) >= 11 is 0. The Hall–Kier alpha value is -3.93. The number of piperidine rings is 1. The van der Waals surface area contributed by atoms with Crippen LogP contribution in [0.3, 0.4) is 0 Å². The van der Waals surface area contributed by atoms with E-state index in [0.29, 0.717) is 28.6 Å². The van der Waals surface area contributed by atoms with E-state index in [1.165, 1.54) is 18.1 Å². The molecule has 2 aromatic carbocycles. The molecule has 1 aliphatic heterocycles. The van der Waals surface area contributed by atoms with Gasteiger partial charge in [0.2, 0.25) is 5.91 Å². The highest BCUT2D eigenvalue weighted by atomic mass is 16.5. The number of hydrogen-bond acceptors (Lipinski definition) is 7. The van der Waals surface area contributed by atoms with Gasteiger partial charge in [-0.05, 0) is 53.9 Å². The first-order valence-electron chi connectivity index (χ1n) is 12.5. The number of hydrogen-bond donors (Lipinski definition) is 3. The summed E-state index contributed by atoms with van der Waals surface area (Å²) in [7, 11) is 0. The average molecular weight is 498 g/mol. The van der Waals surface area contributed by atoms with Gasteiger partial charge in [-0.1, -0.05) is 36.3 Å². The van der Waals surface area contributed by atoms with Crippen LogP contribution in [-0.2, 0) is 17.8 Å². The van der Waals surface area contributed by atoms with Crippen LogP contribution in [0.4, 0.5) is 11.5 Å². The second kappa shape index (κ2) is 10.6. The lowest BCUT2D eigenvalue weighted by atomic mass is 9.73. The van der Waals surface area contributed by atoms with Crippen molar-refractivity contribution in [2.75, 3.05) is 29.9 Å². The van der Waals surface area contributed by atoms with E-state index in [-0.39, 0.29) is 30.6 Å². The van der Waals surface area contributed by atoms with Gasteiger partial charge in [-0.2, -0.15) is 0 Å². The Bertz CT molecular complexity index is 1350. The number of aromatic nitrogens is 2. The molecule has 4 N–H and O–H groups in total. The number of carbonyl (C=O) groups excluding carboxylic acids is 1. The summed E-state index contributed by atoms with van der Waals surface area (Å²) in [6.07, 6.45) is 4.60. The molecule has 0 unspecified atom stereocenters. The van der Waals surface area contributed by atoms with Crippen molar-refractivity contribution in [3.8, 4) is 17.6 Å². The molecule has 1 saturated heterocycles. The summed E-state index contributed by atoms with van der Waals surface area (Å²) < 4.78 is 5.66. The monoisotopic (exact) mass is 497 g/mol. The fourth-order valence-corrected chi connectivity index (χ4v) is 5.43. The Morgan fingerprint density at radius 3 is 2.81 bits per heavy atom. The molecule has 0 saturated carbocycles. The molecular weight excluding hydrogens is 466 g/mol. The van der Waals surface area contributed by atoms with Gasteiger partial charge in [-0.25, -0.2) is 9.97 Å². The smallest absolute Gasteiger partial charge is 0.221 e. The maximum atomic E-state index is 11.2. The molecule has 8 heteroatoms. The molecule has 8 nitrogen and oxygen atoms in total. The molecular formula is C29H31N5O3. The number of aliphatic hydroxyl groups is 1. The minimum Gasteiger partial charge on any atom is -0.481 e. The van der Waals surface area contributed by atoms with Crippen LogP contribution in [0.2, 0.25) is 0 Å². The average Bonchev–Trinajstić information content (AvgIpc) is 3.18. The number of rotatable bonds is 5. The number of fused-ring (bicyclic) bond motifs is 1. The van der Waals surface area contributed by atoms with Crippen LogP contribution in [0.25, 0.3) is 0 Å². The van der Waals surface area contributed by atoms with Crippen LogP contribution in [0.15, 0.2) is 54.7 Å². The minimum atomic E-state index is -0.211. The number of aliphatic hydroxyl groups excluding tert-OH is 1. The second-order valence-electron chi connectivity index (χ2n) is 9.69. The van der Waals surface area contributed by atoms with E-state index in [4.69, 9.17) is 10.5 Å². The number of ether oxygens (including phenoxy) is 1. The van der Waals surface area contributed by atoms with E-state index < -0.39 is 0 Å². The van der Waals surface area contributed by atoms with E-state index in [1.54, 1.807) is 30.5 Å². The van der Waals surface area contributed by atoms with Gasteiger partial charge in [0, 0.05) is 37.8 Å². The molecule has 1 atom stereocenters. The van der Waals surface area contributed by atoms with Gasteiger partial charge in [0.25, 0.3) is 0 Å². The summed E-state index contributed by atoms with van der Waals surface area (Å²) in [6, 6.07) is 15.7. The van der Waals surface area contributed by atoms with Crippen molar-refractivity contribution in [3.63, 3.8) is 0 Å². The number of amides is 1. The van der Waals surface area contributed by atoms with Gasteiger partial charge < -0.3 is 25.8 Å². The van der Waals surface area contributed by atoms with Gasteiger partial charge in [0.05, 0.1) is 12.8 Å². The minimum absolute atomic E-state index is 0.0574. The van der Waals surface area contributed by atoms with Gasteiger partial charge >= 0.3 is 0 Å². The maximum Gasteiger partial charge on any atom is 0.221 e. The van der Waals surface area contributed by atoms with Gasteiger partial charge in [-0.15, -0.1) is 0 Å². The van der Waals surface area contributed by atoms with Crippen LogP contribution in [0.1, 0.15) is 48.3 Å². The van der Waals surface area contributed by atoms with Crippen molar-refractivity contribution in [3.05, 3.63) is 77.2 Å². The Morgan fingerprint density at radius 2 is 2.05 bits per heavy atom. The van der Waals surface area contributed by atoms with Crippen LogP contribution >= 0.6 is 0 Å². The summed E-state index contributed by atoms with van der Waals surface area (Å²) in [5.41, 5.74) is 11.1. The van der Waals surface area contributed by atoms with Gasteiger partial charge in [0.15, 0.2) is 5.82 Å². The number of benzene rings is 2. The van der Waals surface area contributed by atoms with Gasteiger partial charge in [0.1, 0.15) is 23.7 Å². The third-order valence-corrected chi connectivity index (χ3v) is 7.31. The van der Waals surface area contributed by atoms with Crippen LogP contribution < -0.4 is 20.7 Å². The third kappa shape index (κ3) is 5.29. The highest BCUT2D eigenvalue weighted by Crippen LogP contribution is 2.51. The highest BCUT2D eigenvalue weighted by molar-refractivity contribution is 5.88. The Balaban J connectivity index is 1.21. The second-order valence-corrected chi connectivity index (χ2v) is 9.69. The van der Waals surface area contributed by atoms with Crippen molar-refractivity contribution in [2.45, 2.75) is 38.8 Å². The van der Waals surface area contributed by atoms with Crippen molar-refractivity contribution < 1.29 is 14.6 Å². The van der Waals surface area contributed by atoms with E-state index in [9.17, 15) is 9.90 Å². The van der Waals surface area contributed by atoms with Crippen molar-refractivity contribution in [1.82, 2.24) is 9.97 Å². The lowest BCUT2D eigenvalue weighted by Crippen LogP contribution is -2.45. The fourth-order valence-electron chi connectivity index (χ4n) is 5.43. The maximum absolute atomic E-state index is 11.2. The molecule has 37 heavy (non-hydrogen) atoms. The molecule has 2 aliphatic rings. The normalized spacial score (nSPS) is 17.6. The lowest BCUT2D eigenvalue weighted by Gasteiger charge is -2.42. The summed E-state index contributed by atoms with van der Waals surface area (Å²) in [6.45, 7) is 3.03. The topological polar surface area (TPSA) is 114 Å². The molecule has 1 spiro atoms. The molecule has 190 valence electrons. The van der Waals surface area contributed by atoms with Crippen molar-refractivity contribution in [2.24, 2.45) is 11.1 Å². The number of nitrogens with zero attached hydrogens (tertiary/aromatic N) is 3. The SMILES string of the molecule is CC(=O)Nc1cccc(OCC#Cc2cnc(N3CCC4(CC3)Cc3ccccc3[C@H]4N)c(CO)n2)c1. The zero-order chi connectivity index (χ0) is 25.8. The van der Waals surface area contributed by atoms with Crippen molar-refractivity contribution >= 4 is 17.4 Å². The largest absolute Gasteiger partial charge is 0.481 e. The van der Waals surface area contributed by atoms with Crippen LogP contribution in [0, 0.1) is 17.3 Å². The molecule has 0 radical (unpaired) electrons. The first kappa shape index (κ1) is 24.8. The zero-order valence-corrected chi connectivity index (χ0v) is 20.9. The predicted octanol–water partition coefficient (Wildman–Crippen LogP) is 3.20. The number of anilines is 2. The van der Waals surface area contributed by atoms with Crippen LogP contribution in [0.5, 0.6) is 5.75 Å². The first-order valence-corrected chi connectivity index (χ1v) is 12.5.